The van der Waals surface area contributed by atoms with Crippen LogP contribution in [0.1, 0.15) is 40.0 Å². The van der Waals surface area contributed by atoms with Gasteiger partial charge in [-0.1, -0.05) is 29.8 Å². The van der Waals surface area contributed by atoms with Crippen LogP contribution >= 0.6 is 0 Å². The number of rotatable bonds is 4. The minimum absolute atomic E-state index is 0.0273. The van der Waals surface area contributed by atoms with E-state index in [9.17, 15) is 4.79 Å². The van der Waals surface area contributed by atoms with Crippen molar-refractivity contribution in [3.8, 4) is 5.75 Å². The molecular weight excluding hydrogens is 262 g/mol. The molecule has 0 radical (unpaired) electrons. The molecule has 0 aliphatic rings. The molecule has 0 aliphatic heterocycles. The number of ether oxygens (including phenoxy) is 1. The fraction of sp³-hybridized carbons (Fsp3) is 0.278. The summed E-state index contributed by atoms with van der Waals surface area (Å²) in [7, 11) is 1.63. The van der Waals surface area contributed by atoms with E-state index in [1.54, 1.807) is 13.2 Å². The van der Waals surface area contributed by atoms with Gasteiger partial charge in [-0.3, -0.25) is 4.79 Å². The monoisotopic (exact) mass is 283 g/mol. The highest BCUT2D eigenvalue weighted by Gasteiger charge is 2.12. The van der Waals surface area contributed by atoms with Crippen molar-refractivity contribution < 1.29 is 9.53 Å². The van der Waals surface area contributed by atoms with Crippen molar-refractivity contribution in [2.75, 3.05) is 7.11 Å². The minimum atomic E-state index is -0.0752. The molecule has 21 heavy (non-hydrogen) atoms. The van der Waals surface area contributed by atoms with E-state index in [1.165, 1.54) is 5.56 Å². The van der Waals surface area contributed by atoms with E-state index in [0.29, 0.717) is 5.56 Å². The zero-order valence-corrected chi connectivity index (χ0v) is 12.9. The Kier molecular flexibility index (Phi) is 4.63. The Morgan fingerprint density at radius 3 is 2.33 bits per heavy atom. The highest BCUT2D eigenvalue weighted by Crippen LogP contribution is 2.19. The fourth-order valence-electron chi connectivity index (χ4n) is 2.24. The fourth-order valence-corrected chi connectivity index (χ4v) is 2.24. The van der Waals surface area contributed by atoms with Crippen LogP contribution in [0, 0.1) is 13.8 Å². The van der Waals surface area contributed by atoms with Gasteiger partial charge in [-0.15, -0.1) is 0 Å². The largest absolute Gasteiger partial charge is 0.496 e. The summed E-state index contributed by atoms with van der Waals surface area (Å²) in [6.45, 7) is 5.96. The third-order valence-electron chi connectivity index (χ3n) is 3.58. The normalized spacial score (nSPS) is 11.8. The standard InChI is InChI=1S/C18H21NO2/c1-12-5-7-15(8-6-12)14(3)19-18(20)16-9-10-17(21-4)13(2)11-16/h5-11,14H,1-4H3,(H,19,20). The number of benzene rings is 2. The van der Waals surface area contributed by atoms with Crippen molar-refractivity contribution in [2.45, 2.75) is 26.8 Å². The van der Waals surface area contributed by atoms with Crippen LogP contribution in [-0.2, 0) is 0 Å². The molecular formula is C18H21NO2. The molecule has 0 saturated heterocycles. The Morgan fingerprint density at radius 1 is 1.10 bits per heavy atom. The van der Waals surface area contributed by atoms with E-state index in [4.69, 9.17) is 4.74 Å². The second-order valence-corrected chi connectivity index (χ2v) is 5.29. The number of hydrogen-bond acceptors (Lipinski definition) is 2. The third-order valence-corrected chi connectivity index (χ3v) is 3.58. The van der Waals surface area contributed by atoms with Crippen molar-refractivity contribution in [1.29, 1.82) is 0 Å². The molecule has 0 saturated carbocycles. The van der Waals surface area contributed by atoms with E-state index in [0.717, 1.165) is 16.9 Å². The summed E-state index contributed by atoms with van der Waals surface area (Å²) < 4.78 is 5.21. The minimum Gasteiger partial charge on any atom is -0.496 e. The van der Waals surface area contributed by atoms with Gasteiger partial charge >= 0.3 is 0 Å². The van der Waals surface area contributed by atoms with E-state index in [1.807, 2.05) is 45.0 Å². The first-order valence-electron chi connectivity index (χ1n) is 7.03. The topological polar surface area (TPSA) is 38.3 Å². The van der Waals surface area contributed by atoms with Crippen molar-refractivity contribution in [3.05, 3.63) is 64.7 Å². The van der Waals surface area contributed by atoms with Crippen LogP contribution in [0.5, 0.6) is 5.75 Å². The summed E-state index contributed by atoms with van der Waals surface area (Å²) in [6, 6.07) is 13.6. The van der Waals surface area contributed by atoms with E-state index in [2.05, 4.69) is 17.4 Å². The second-order valence-electron chi connectivity index (χ2n) is 5.29. The van der Waals surface area contributed by atoms with Gasteiger partial charge in [0.15, 0.2) is 0 Å². The molecule has 110 valence electrons. The molecule has 0 heterocycles. The lowest BCUT2D eigenvalue weighted by atomic mass is 10.1. The number of carbonyl (C=O) groups is 1. The number of hydrogen-bond donors (Lipinski definition) is 1. The van der Waals surface area contributed by atoms with Crippen LogP contribution in [0.2, 0.25) is 0 Å². The van der Waals surface area contributed by atoms with Gasteiger partial charge in [0.1, 0.15) is 5.75 Å². The Hall–Kier alpha value is -2.29. The number of nitrogens with one attached hydrogen (secondary N) is 1. The summed E-state index contributed by atoms with van der Waals surface area (Å²) in [5.41, 5.74) is 3.91. The lowest BCUT2D eigenvalue weighted by Crippen LogP contribution is -2.26. The zero-order chi connectivity index (χ0) is 15.4. The molecule has 1 amide bonds. The maximum absolute atomic E-state index is 12.3. The molecule has 0 aromatic heterocycles. The molecule has 0 spiro atoms. The average molecular weight is 283 g/mol. The van der Waals surface area contributed by atoms with Crippen molar-refractivity contribution in [2.24, 2.45) is 0 Å². The smallest absolute Gasteiger partial charge is 0.251 e. The van der Waals surface area contributed by atoms with Crippen LogP contribution in [-0.4, -0.2) is 13.0 Å². The maximum atomic E-state index is 12.3. The van der Waals surface area contributed by atoms with Gasteiger partial charge in [0, 0.05) is 5.56 Å². The first kappa shape index (κ1) is 15.1. The Morgan fingerprint density at radius 2 is 1.76 bits per heavy atom. The first-order valence-corrected chi connectivity index (χ1v) is 7.03. The Labute approximate surface area is 126 Å². The summed E-state index contributed by atoms with van der Waals surface area (Å²) in [5.74, 6) is 0.715. The lowest BCUT2D eigenvalue weighted by molar-refractivity contribution is 0.0940. The van der Waals surface area contributed by atoms with Crippen molar-refractivity contribution in [1.82, 2.24) is 5.32 Å². The molecule has 2 aromatic rings. The average Bonchev–Trinajstić information content (AvgIpc) is 2.47. The van der Waals surface area contributed by atoms with Gasteiger partial charge in [0.25, 0.3) is 5.91 Å². The van der Waals surface area contributed by atoms with Gasteiger partial charge in [0.2, 0.25) is 0 Å². The predicted molar refractivity (Wildman–Crippen MR) is 84.8 cm³/mol. The van der Waals surface area contributed by atoms with Crippen LogP contribution < -0.4 is 10.1 Å². The van der Waals surface area contributed by atoms with Crippen LogP contribution in [0.4, 0.5) is 0 Å². The number of carbonyl (C=O) groups excluding carboxylic acids is 1. The first-order chi connectivity index (χ1) is 10.0. The van der Waals surface area contributed by atoms with Crippen LogP contribution in [0.15, 0.2) is 42.5 Å². The van der Waals surface area contributed by atoms with Gasteiger partial charge in [-0.25, -0.2) is 0 Å². The highest BCUT2D eigenvalue weighted by molar-refractivity contribution is 5.94. The van der Waals surface area contributed by atoms with E-state index < -0.39 is 0 Å². The van der Waals surface area contributed by atoms with Crippen molar-refractivity contribution >= 4 is 5.91 Å². The second kappa shape index (κ2) is 6.44. The molecule has 1 unspecified atom stereocenters. The molecule has 2 rings (SSSR count). The molecule has 1 N–H and O–H groups in total. The van der Waals surface area contributed by atoms with Gasteiger partial charge in [-0.05, 0) is 50.1 Å². The van der Waals surface area contributed by atoms with Gasteiger partial charge in [-0.2, -0.15) is 0 Å². The highest BCUT2D eigenvalue weighted by atomic mass is 16.5. The van der Waals surface area contributed by atoms with Crippen LogP contribution in [0.3, 0.4) is 0 Å². The van der Waals surface area contributed by atoms with Crippen LogP contribution in [0.25, 0.3) is 0 Å². The molecule has 0 aliphatic carbocycles. The Bertz CT molecular complexity index is 632. The van der Waals surface area contributed by atoms with Gasteiger partial charge in [0.05, 0.1) is 13.2 Å². The summed E-state index contributed by atoms with van der Waals surface area (Å²) >= 11 is 0. The molecule has 1 atom stereocenters. The molecule has 3 heteroatoms. The quantitative estimate of drug-likeness (QED) is 0.926. The number of methoxy groups -OCH3 is 1. The van der Waals surface area contributed by atoms with Gasteiger partial charge < -0.3 is 10.1 Å². The summed E-state index contributed by atoms with van der Waals surface area (Å²) in [4.78, 5) is 12.3. The third kappa shape index (κ3) is 3.63. The molecule has 3 nitrogen and oxygen atoms in total. The summed E-state index contributed by atoms with van der Waals surface area (Å²) in [5, 5.41) is 3.02. The Balaban J connectivity index is 2.10. The zero-order valence-electron chi connectivity index (χ0n) is 12.9. The predicted octanol–water partition coefficient (Wildman–Crippen LogP) is 3.80. The number of aryl methyl sites for hydroxylation is 2. The lowest BCUT2D eigenvalue weighted by Gasteiger charge is -2.15. The maximum Gasteiger partial charge on any atom is 0.251 e. The van der Waals surface area contributed by atoms with E-state index in [-0.39, 0.29) is 11.9 Å². The molecule has 2 aromatic carbocycles. The SMILES string of the molecule is COc1ccc(C(=O)NC(C)c2ccc(C)cc2)cc1C. The summed E-state index contributed by atoms with van der Waals surface area (Å²) in [6.07, 6.45) is 0. The molecule has 0 fully saturated rings. The number of amides is 1. The molecule has 0 bridgehead atoms. The van der Waals surface area contributed by atoms with E-state index >= 15 is 0 Å². The van der Waals surface area contributed by atoms with Crippen molar-refractivity contribution in [3.63, 3.8) is 0 Å².